The predicted octanol–water partition coefficient (Wildman–Crippen LogP) is 3.33. The Morgan fingerprint density at radius 2 is 2.19 bits per heavy atom. The van der Waals surface area contributed by atoms with E-state index in [0.29, 0.717) is 12.1 Å². The molecule has 1 N–H and O–H groups in total. The van der Waals surface area contributed by atoms with Crippen LogP contribution >= 0.6 is 0 Å². The summed E-state index contributed by atoms with van der Waals surface area (Å²) in [5.74, 6) is 0. The van der Waals surface area contributed by atoms with Gasteiger partial charge in [0.15, 0.2) is 0 Å². The van der Waals surface area contributed by atoms with Crippen molar-refractivity contribution in [2.45, 2.75) is 77.0 Å². The molecule has 4 nitrogen and oxygen atoms in total. The summed E-state index contributed by atoms with van der Waals surface area (Å²) in [5.41, 5.74) is 1.21. The summed E-state index contributed by atoms with van der Waals surface area (Å²) in [4.78, 5) is 0. The first-order chi connectivity index (χ1) is 10.2. The summed E-state index contributed by atoms with van der Waals surface area (Å²) in [6.07, 6.45) is 10.9. The zero-order chi connectivity index (χ0) is 15.1. The summed E-state index contributed by atoms with van der Waals surface area (Å²) in [6, 6.07) is 3.28. The van der Waals surface area contributed by atoms with Gasteiger partial charge >= 0.3 is 0 Å². The van der Waals surface area contributed by atoms with E-state index in [0.717, 1.165) is 25.8 Å². The molecule has 1 fully saturated rings. The predicted molar refractivity (Wildman–Crippen MR) is 86.6 cm³/mol. The molecule has 0 spiro atoms. The lowest BCUT2D eigenvalue weighted by Crippen LogP contribution is -2.35. The van der Waals surface area contributed by atoms with E-state index in [9.17, 15) is 0 Å². The van der Waals surface area contributed by atoms with Crippen molar-refractivity contribution < 1.29 is 4.74 Å². The van der Waals surface area contributed by atoms with Crippen molar-refractivity contribution in [3.05, 3.63) is 18.0 Å². The van der Waals surface area contributed by atoms with E-state index in [1.807, 2.05) is 0 Å². The highest BCUT2D eigenvalue weighted by molar-refractivity contribution is 5.03. The van der Waals surface area contributed by atoms with Crippen molar-refractivity contribution in [1.82, 2.24) is 15.1 Å². The third-order valence-electron chi connectivity index (χ3n) is 4.52. The Balaban J connectivity index is 1.91. The number of ether oxygens (including phenoxy) is 1. The quantitative estimate of drug-likeness (QED) is 0.759. The maximum Gasteiger partial charge on any atom is 0.0640 e. The van der Waals surface area contributed by atoms with Crippen LogP contribution in [0, 0.1) is 0 Å². The molecular formula is C17H31N3O. The summed E-state index contributed by atoms with van der Waals surface area (Å²) in [5, 5.41) is 8.44. The van der Waals surface area contributed by atoms with Crippen LogP contribution in [0.2, 0.25) is 0 Å². The Kier molecular flexibility index (Phi) is 6.71. The Morgan fingerprint density at radius 1 is 1.43 bits per heavy atom. The van der Waals surface area contributed by atoms with Crippen LogP contribution in [0.25, 0.3) is 0 Å². The number of aromatic nitrogens is 2. The zero-order valence-electron chi connectivity index (χ0n) is 13.8. The minimum absolute atomic E-state index is 0.288. The van der Waals surface area contributed by atoms with E-state index in [1.165, 1.54) is 31.4 Å². The van der Waals surface area contributed by atoms with Gasteiger partial charge in [-0.3, -0.25) is 4.68 Å². The fourth-order valence-electron chi connectivity index (χ4n) is 3.20. The molecule has 4 heteroatoms. The molecule has 0 aliphatic heterocycles. The van der Waals surface area contributed by atoms with E-state index in [2.05, 4.69) is 36.1 Å². The molecule has 0 radical (unpaired) electrons. The molecule has 1 aromatic rings. The molecule has 0 bridgehead atoms. The normalized spacial score (nSPS) is 19.0. The van der Waals surface area contributed by atoms with Gasteiger partial charge in [0.2, 0.25) is 0 Å². The molecule has 2 atom stereocenters. The van der Waals surface area contributed by atoms with Crippen LogP contribution in [0.5, 0.6) is 0 Å². The van der Waals surface area contributed by atoms with E-state index in [4.69, 9.17) is 9.84 Å². The molecule has 21 heavy (non-hydrogen) atoms. The number of hydrogen-bond acceptors (Lipinski definition) is 3. The lowest BCUT2D eigenvalue weighted by atomic mass is 10.0. The van der Waals surface area contributed by atoms with Gasteiger partial charge in [0.25, 0.3) is 0 Å². The van der Waals surface area contributed by atoms with Gasteiger partial charge < -0.3 is 10.1 Å². The van der Waals surface area contributed by atoms with Gasteiger partial charge in [-0.1, -0.05) is 19.8 Å². The topological polar surface area (TPSA) is 39.1 Å². The van der Waals surface area contributed by atoms with E-state index in [1.54, 1.807) is 7.11 Å². The third kappa shape index (κ3) is 5.11. The standard InChI is InChI=1S/C17H31N3O/c1-4-10-18-16(12-14(2)21-3)13-15-9-11-20(19-15)17-7-5-6-8-17/h9,11,14,16-18H,4-8,10,12-13H2,1-3H3. The second kappa shape index (κ2) is 8.54. The second-order valence-corrected chi connectivity index (χ2v) is 6.36. The van der Waals surface area contributed by atoms with Crippen molar-refractivity contribution in [3.63, 3.8) is 0 Å². The van der Waals surface area contributed by atoms with Gasteiger partial charge in [-0.15, -0.1) is 0 Å². The van der Waals surface area contributed by atoms with Crippen molar-refractivity contribution >= 4 is 0 Å². The first-order valence-electron chi connectivity index (χ1n) is 8.53. The van der Waals surface area contributed by atoms with Gasteiger partial charge in [0.1, 0.15) is 0 Å². The number of nitrogens with zero attached hydrogens (tertiary/aromatic N) is 2. The van der Waals surface area contributed by atoms with Crippen LogP contribution in [-0.2, 0) is 11.2 Å². The van der Waals surface area contributed by atoms with Crippen molar-refractivity contribution in [1.29, 1.82) is 0 Å². The van der Waals surface area contributed by atoms with Gasteiger partial charge in [-0.05, 0) is 45.2 Å². The smallest absolute Gasteiger partial charge is 0.0640 e. The molecule has 2 rings (SSSR count). The van der Waals surface area contributed by atoms with Crippen LogP contribution in [0.4, 0.5) is 0 Å². The molecule has 2 unspecified atom stereocenters. The highest BCUT2D eigenvalue weighted by Gasteiger charge is 2.19. The van der Waals surface area contributed by atoms with Crippen LogP contribution in [0.1, 0.15) is 64.1 Å². The molecule has 1 aliphatic carbocycles. The molecule has 0 amide bonds. The minimum Gasteiger partial charge on any atom is -0.382 e. The Labute approximate surface area is 129 Å². The van der Waals surface area contributed by atoms with Crippen LogP contribution < -0.4 is 5.32 Å². The van der Waals surface area contributed by atoms with Crippen LogP contribution in [0.3, 0.4) is 0 Å². The molecular weight excluding hydrogens is 262 g/mol. The van der Waals surface area contributed by atoms with Gasteiger partial charge in [0.05, 0.1) is 17.8 Å². The Hall–Kier alpha value is -0.870. The lowest BCUT2D eigenvalue weighted by molar-refractivity contribution is 0.100. The van der Waals surface area contributed by atoms with Crippen LogP contribution in [-0.4, -0.2) is 35.6 Å². The van der Waals surface area contributed by atoms with E-state index in [-0.39, 0.29) is 6.10 Å². The Morgan fingerprint density at radius 3 is 2.86 bits per heavy atom. The number of methoxy groups -OCH3 is 1. The van der Waals surface area contributed by atoms with Crippen LogP contribution in [0.15, 0.2) is 12.3 Å². The first kappa shape index (κ1) is 16.5. The Bertz CT molecular complexity index is 398. The maximum atomic E-state index is 5.42. The molecule has 1 aromatic heterocycles. The van der Waals surface area contributed by atoms with Crippen molar-refractivity contribution in [3.8, 4) is 0 Å². The fraction of sp³-hybridized carbons (Fsp3) is 0.824. The molecule has 1 aliphatic rings. The molecule has 0 saturated heterocycles. The number of nitrogens with one attached hydrogen (secondary N) is 1. The molecule has 1 saturated carbocycles. The summed E-state index contributed by atoms with van der Waals surface area (Å²) >= 11 is 0. The highest BCUT2D eigenvalue weighted by Crippen LogP contribution is 2.28. The maximum absolute atomic E-state index is 5.42. The average molecular weight is 293 g/mol. The summed E-state index contributed by atoms with van der Waals surface area (Å²) in [7, 11) is 1.79. The average Bonchev–Trinajstić information content (AvgIpc) is 3.15. The monoisotopic (exact) mass is 293 g/mol. The summed E-state index contributed by atoms with van der Waals surface area (Å²) in [6.45, 7) is 5.40. The van der Waals surface area contributed by atoms with Gasteiger partial charge in [-0.2, -0.15) is 5.10 Å². The number of hydrogen-bond donors (Lipinski definition) is 1. The van der Waals surface area contributed by atoms with Gasteiger partial charge in [-0.25, -0.2) is 0 Å². The zero-order valence-corrected chi connectivity index (χ0v) is 13.8. The summed E-state index contributed by atoms with van der Waals surface area (Å²) < 4.78 is 7.61. The largest absolute Gasteiger partial charge is 0.382 e. The molecule has 120 valence electrons. The minimum atomic E-state index is 0.288. The highest BCUT2D eigenvalue weighted by atomic mass is 16.5. The van der Waals surface area contributed by atoms with Crippen molar-refractivity contribution in [2.24, 2.45) is 0 Å². The second-order valence-electron chi connectivity index (χ2n) is 6.36. The van der Waals surface area contributed by atoms with Crippen molar-refractivity contribution in [2.75, 3.05) is 13.7 Å². The fourth-order valence-corrected chi connectivity index (χ4v) is 3.20. The first-order valence-corrected chi connectivity index (χ1v) is 8.53. The lowest BCUT2D eigenvalue weighted by Gasteiger charge is -2.21. The SMILES string of the molecule is CCCNC(Cc1ccn(C2CCCC2)n1)CC(C)OC. The molecule has 0 aromatic carbocycles. The van der Waals surface area contributed by atoms with E-state index >= 15 is 0 Å². The molecule has 1 heterocycles. The van der Waals surface area contributed by atoms with E-state index < -0.39 is 0 Å². The number of rotatable bonds is 9. The van der Waals surface area contributed by atoms with Gasteiger partial charge in [0, 0.05) is 25.8 Å². The third-order valence-corrected chi connectivity index (χ3v) is 4.52.